The molecule has 1 spiro atoms. The van der Waals surface area contributed by atoms with E-state index in [1.807, 2.05) is 13.0 Å². The van der Waals surface area contributed by atoms with Crippen molar-refractivity contribution in [1.82, 2.24) is 9.88 Å². The zero-order valence-electron chi connectivity index (χ0n) is 25.2. The predicted molar refractivity (Wildman–Crippen MR) is 163 cm³/mol. The van der Waals surface area contributed by atoms with Gasteiger partial charge in [0, 0.05) is 23.7 Å². The maximum atomic E-state index is 15.2. The topological polar surface area (TPSA) is 71.9 Å². The van der Waals surface area contributed by atoms with Gasteiger partial charge in [-0.2, -0.15) is 0 Å². The van der Waals surface area contributed by atoms with E-state index in [1.54, 1.807) is 13.2 Å². The van der Waals surface area contributed by atoms with Crippen LogP contribution in [-0.4, -0.2) is 40.2 Å². The molecule has 2 aromatic carbocycles. The van der Waals surface area contributed by atoms with Gasteiger partial charge in [0.25, 0.3) is 0 Å². The van der Waals surface area contributed by atoms with Crippen LogP contribution in [0.4, 0.5) is 4.39 Å². The number of hydrogen-bond acceptors (Lipinski definition) is 5. The highest BCUT2D eigenvalue weighted by molar-refractivity contribution is 5.71. The van der Waals surface area contributed by atoms with Crippen molar-refractivity contribution in [2.45, 2.75) is 88.8 Å². The number of carboxylic acids is 1. The van der Waals surface area contributed by atoms with Gasteiger partial charge in [-0.1, -0.05) is 43.7 Å². The van der Waals surface area contributed by atoms with Crippen LogP contribution in [0.3, 0.4) is 0 Å². The molecule has 7 rings (SSSR count). The quantitative estimate of drug-likeness (QED) is 0.278. The Bertz CT molecular complexity index is 1530. The number of fused-ring (bicyclic) bond motifs is 1. The van der Waals surface area contributed by atoms with E-state index in [4.69, 9.17) is 9.47 Å². The number of likely N-dealkylation sites (tertiary alicyclic amines) is 1. The fraction of sp³-hybridized carbons (Fsp3) is 0.500. The molecule has 4 aliphatic rings. The van der Waals surface area contributed by atoms with Crippen LogP contribution in [0.5, 0.6) is 11.6 Å². The van der Waals surface area contributed by atoms with Gasteiger partial charge in [-0.15, -0.1) is 0 Å². The summed E-state index contributed by atoms with van der Waals surface area (Å²) in [7, 11) is 1.55. The van der Waals surface area contributed by atoms with Crippen molar-refractivity contribution < 1.29 is 23.8 Å². The number of rotatable bonds is 9. The van der Waals surface area contributed by atoms with Crippen LogP contribution in [0.25, 0.3) is 11.1 Å². The van der Waals surface area contributed by atoms with Crippen LogP contribution in [0, 0.1) is 17.7 Å². The van der Waals surface area contributed by atoms with Crippen LogP contribution in [0.15, 0.2) is 48.7 Å². The number of piperidine rings is 1. The SMILES string of the molecule is COc1cc(-c2ccc([C@@H]3CCc4ccc([C@H](C5CC5)[C@H](C)C(=O)O)cc4O3)cc2CN2CCCCC23CC3)c(F)cn1. The summed E-state index contributed by atoms with van der Waals surface area (Å²) < 4.78 is 27.2. The summed E-state index contributed by atoms with van der Waals surface area (Å²) in [5.74, 6) is 0.154. The van der Waals surface area contributed by atoms with Crippen molar-refractivity contribution in [2.24, 2.45) is 11.8 Å². The van der Waals surface area contributed by atoms with Gasteiger partial charge in [0.1, 0.15) is 17.7 Å². The zero-order chi connectivity index (χ0) is 29.7. The van der Waals surface area contributed by atoms with Gasteiger partial charge in [0.05, 0.1) is 19.2 Å². The third-order valence-corrected chi connectivity index (χ3v) is 10.5. The average Bonchev–Trinajstić information content (AvgIpc) is 3.96. The molecule has 6 nitrogen and oxygen atoms in total. The number of pyridine rings is 1. The molecular weight excluding hydrogens is 543 g/mol. The molecule has 0 unspecified atom stereocenters. The first-order valence-corrected chi connectivity index (χ1v) is 16.0. The molecule has 3 atom stereocenters. The van der Waals surface area contributed by atoms with E-state index >= 15 is 4.39 Å². The number of hydrogen-bond donors (Lipinski definition) is 1. The largest absolute Gasteiger partial charge is 0.485 e. The molecule has 1 aromatic heterocycles. The number of ether oxygens (including phenoxy) is 2. The second-order valence-electron chi connectivity index (χ2n) is 13.2. The van der Waals surface area contributed by atoms with Gasteiger partial charge < -0.3 is 14.6 Å². The average molecular weight is 585 g/mol. The minimum atomic E-state index is -0.744. The Hall–Kier alpha value is -3.45. The lowest BCUT2D eigenvalue weighted by Gasteiger charge is -2.37. The maximum absolute atomic E-state index is 15.2. The Labute approximate surface area is 253 Å². The van der Waals surface area contributed by atoms with Gasteiger partial charge in [-0.3, -0.25) is 9.69 Å². The molecule has 3 aromatic rings. The van der Waals surface area contributed by atoms with Crippen molar-refractivity contribution in [1.29, 1.82) is 0 Å². The Morgan fingerprint density at radius 1 is 1.12 bits per heavy atom. The van der Waals surface area contributed by atoms with E-state index in [2.05, 4.69) is 40.2 Å². The molecule has 43 heavy (non-hydrogen) atoms. The normalized spacial score (nSPS) is 22.3. The lowest BCUT2D eigenvalue weighted by molar-refractivity contribution is -0.142. The highest BCUT2D eigenvalue weighted by Gasteiger charge is 2.48. The standard InChI is InChI=1S/C36H41FN2O4/c1-22(35(40)41)34(24-6-7-24)26-8-5-23-10-12-31(43-32(23)18-26)25-9-11-28(29-19-33(42-2)38-20-30(29)37)27(17-25)21-39-16-4-3-13-36(39)14-15-36/h5,8-9,11,17-20,22,24,31,34H,3-4,6-7,10,12-16,21H2,1-2H3,(H,40,41)/t22-,31-,34-/m0/s1. The first-order chi connectivity index (χ1) is 20.8. The monoisotopic (exact) mass is 584 g/mol. The third kappa shape index (κ3) is 5.52. The predicted octanol–water partition coefficient (Wildman–Crippen LogP) is 7.70. The number of nitrogens with zero attached hydrogens (tertiary/aromatic N) is 2. The number of benzene rings is 2. The molecule has 2 saturated carbocycles. The molecular formula is C36H41FN2O4. The lowest BCUT2D eigenvalue weighted by atomic mass is 9.82. The van der Waals surface area contributed by atoms with E-state index < -0.39 is 11.9 Å². The van der Waals surface area contributed by atoms with Crippen LogP contribution in [-0.2, 0) is 17.8 Å². The minimum Gasteiger partial charge on any atom is -0.485 e. The van der Waals surface area contributed by atoms with E-state index in [0.29, 0.717) is 22.9 Å². The van der Waals surface area contributed by atoms with Gasteiger partial charge >= 0.3 is 5.97 Å². The lowest BCUT2D eigenvalue weighted by Crippen LogP contribution is -2.40. The van der Waals surface area contributed by atoms with Crippen LogP contribution < -0.4 is 9.47 Å². The van der Waals surface area contributed by atoms with E-state index in [1.165, 1.54) is 43.9 Å². The van der Waals surface area contributed by atoms with Crippen molar-refractivity contribution in [3.8, 4) is 22.8 Å². The number of aromatic nitrogens is 1. The molecule has 3 heterocycles. The first-order valence-electron chi connectivity index (χ1n) is 16.0. The summed E-state index contributed by atoms with van der Waals surface area (Å²) in [4.78, 5) is 18.6. The van der Waals surface area contributed by atoms with Gasteiger partial charge in [0.15, 0.2) is 0 Å². The second-order valence-corrected chi connectivity index (χ2v) is 13.2. The molecule has 0 amide bonds. The molecule has 1 N–H and O–H groups in total. The summed E-state index contributed by atoms with van der Waals surface area (Å²) in [6.07, 6.45) is 11.2. The van der Waals surface area contributed by atoms with Crippen molar-refractivity contribution >= 4 is 5.97 Å². The van der Waals surface area contributed by atoms with Gasteiger partial charge in [-0.05, 0) is 104 Å². The fourth-order valence-corrected chi connectivity index (χ4v) is 7.67. The van der Waals surface area contributed by atoms with Crippen LogP contribution in [0.2, 0.25) is 0 Å². The van der Waals surface area contributed by atoms with Crippen molar-refractivity contribution in [3.05, 3.63) is 76.7 Å². The Kier molecular flexibility index (Phi) is 7.40. The maximum Gasteiger partial charge on any atom is 0.306 e. The van der Waals surface area contributed by atoms with E-state index in [-0.39, 0.29) is 17.8 Å². The van der Waals surface area contributed by atoms with E-state index in [9.17, 15) is 9.90 Å². The van der Waals surface area contributed by atoms with E-state index in [0.717, 1.165) is 66.8 Å². The minimum absolute atomic E-state index is 0.00389. The smallest absolute Gasteiger partial charge is 0.306 e. The zero-order valence-corrected chi connectivity index (χ0v) is 25.2. The highest BCUT2D eigenvalue weighted by Crippen LogP contribution is 2.50. The summed E-state index contributed by atoms with van der Waals surface area (Å²) in [6, 6.07) is 14.4. The molecule has 2 aliphatic heterocycles. The highest BCUT2D eigenvalue weighted by atomic mass is 19.1. The Morgan fingerprint density at radius 2 is 1.95 bits per heavy atom. The molecule has 1 saturated heterocycles. The molecule has 0 radical (unpaired) electrons. The number of aryl methyl sites for hydroxylation is 1. The Morgan fingerprint density at radius 3 is 2.70 bits per heavy atom. The molecule has 7 heteroatoms. The summed E-state index contributed by atoms with van der Waals surface area (Å²) in [6.45, 7) is 3.67. The Balaban J connectivity index is 1.21. The van der Waals surface area contributed by atoms with Crippen molar-refractivity contribution in [3.63, 3.8) is 0 Å². The number of halogens is 1. The molecule has 2 aliphatic carbocycles. The summed E-state index contributed by atoms with van der Waals surface area (Å²) in [5.41, 5.74) is 6.12. The molecule has 226 valence electrons. The first kappa shape index (κ1) is 28.3. The van der Waals surface area contributed by atoms with Crippen LogP contribution in [0.1, 0.15) is 92.6 Å². The van der Waals surface area contributed by atoms with Crippen molar-refractivity contribution in [2.75, 3.05) is 13.7 Å². The number of aliphatic carboxylic acids is 1. The van der Waals surface area contributed by atoms with Gasteiger partial charge in [-0.25, -0.2) is 9.37 Å². The van der Waals surface area contributed by atoms with Gasteiger partial charge in [0.2, 0.25) is 5.88 Å². The molecule has 0 bridgehead atoms. The third-order valence-electron chi connectivity index (χ3n) is 10.5. The number of carbonyl (C=O) groups is 1. The second kappa shape index (κ2) is 11.2. The summed E-state index contributed by atoms with van der Waals surface area (Å²) in [5, 5.41) is 9.78. The summed E-state index contributed by atoms with van der Waals surface area (Å²) >= 11 is 0. The molecule has 3 fully saturated rings. The van der Waals surface area contributed by atoms with Crippen LogP contribution >= 0.6 is 0 Å². The fourth-order valence-electron chi connectivity index (χ4n) is 7.67. The number of methoxy groups -OCH3 is 1. The number of carboxylic acid groups (broad SMARTS) is 1.